The van der Waals surface area contributed by atoms with E-state index in [-0.39, 0.29) is 18.4 Å². The molecule has 0 unspecified atom stereocenters. The van der Waals surface area contributed by atoms with Gasteiger partial charge in [0.15, 0.2) is 0 Å². The third-order valence-corrected chi connectivity index (χ3v) is 3.49. The van der Waals surface area contributed by atoms with Gasteiger partial charge in [-0.15, -0.1) is 0 Å². The van der Waals surface area contributed by atoms with E-state index < -0.39 is 0 Å². The fourth-order valence-electron chi connectivity index (χ4n) is 2.37. The van der Waals surface area contributed by atoms with Crippen molar-refractivity contribution in [3.63, 3.8) is 0 Å². The van der Waals surface area contributed by atoms with E-state index in [2.05, 4.69) is 0 Å². The lowest BCUT2D eigenvalue weighted by molar-refractivity contribution is -0.134. The molecular formula is C16H22N2O4. The highest BCUT2D eigenvalue weighted by molar-refractivity contribution is 5.98. The van der Waals surface area contributed by atoms with Gasteiger partial charge in [0.05, 0.1) is 25.5 Å². The Kier molecular flexibility index (Phi) is 5.77. The predicted octanol–water partition coefficient (Wildman–Crippen LogP) is 1.30. The van der Waals surface area contributed by atoms with Crippen molar-refractivity contribution in [1.82, 2.24) is 4.90 Å². The molecule has 0 N–H and O–H groups in total. The van der Waals surface area contributed by atoms with Gasteiger partial charge in [-0.3, -0.25) is 14.5 Å². The molecule has 0 spiro atoms. The van der Waals surface area contributed by atoms with Gasteiger partial charge in [0.2, 0.25) is 11.8 Å². The van der Waals surface area contributed by atoms with Crippen LogP contribution >= 0.6 is 0 Å². The van der Waals surface area contributed by atoms with Crippen LogP contribution in [0.4, 0.5) is 5.69 Å². The molecule has 1 fully saturated rings. The van der Waals surface area contributed by atoms with E-state index in [9.17, 15) is 9.59 Å². The fourth-order valence-corrected chi connectivity index (χ4v) is 2.37. The van der Waals surface area contributed by atoms with Crippen LogP contribution in [0.5, 0.6) is 5.75 Å². The average Bonchev–Trinajstić information content (AvgIpc) is 2.54. The maximum Gasteiger partial charge on any atom is 0.242 e. The molecule has 2 amide bonds. The number of morpholine rings is 1. The van der Waals surface area contributed by atoms with Crippen molar-refractivity contribution in [3.8, 4) is 5.75 Å². The van der Waals surface area contributed by atoms with E-state index in [1.165, 1.54) is 11.8 Å². The average molecular weight is 306 g/mol. The first-order valence-corrected chi connectivity index (χ1v) is 7.49. The van der Waals surface area contributed by atoms with Crippen molar-refractivity contribution in [2.45, 2.75) is 13.8 Å². The largest absolute Gasteiger partial charge is 0.492 e. The lowest BCUT2D eigenvalue weighted by Crippen LogP contribution is -2.47. The van der Waals surface area contributed by atoms with Crippen molar-refractivity contribution in [2.24, 2.45) is 0 Å². The summed E-state index contributed by atoms with van der Waals surface area (Å²) in [5, 5.41) is 0. The van der Waals surface area contributed by atoms with Crippen molar-refractivity contribution in [2.75, 3.05) is 44.4 Å². The van der Waals surface area contributed by atoms with Crippen molar-refractivity contribution in [1.29, 1.82) is 0 Å². The quantitative estimate of drug-likeness (QED) is 0.822. The second-order valence-electron chi connectivity index (χ2n) is 5.00. The van der Waals surface area contributed by atoms with Gasteiger partial charge in [0.1, 0.15) is 12.3 Å². The first kappa shape index (κ1) is 16.3. The summed E-state index contributed by atoms with van der Waals surface area (Å²) in [6, 6.07) is 7.26. The van der Waals surface area contributed by atoms with Crippen LogP contribution in [0, 0.1) is 0 Å². The summed E-state index contributed by atoms with van der Waals surface area (Å²) in [6.07, 6.45) is 0. The molecule has 1 heterocycles. The number of rotatable bonds is 5. The van der Waals surface area contributed by atoms with Gasteiger partial charge in [0.25, 0.3) is 0 Å². The molecule has 1 aromatic rings. The highest BCUT2D eigenvalue weighted by Gasteiger charge is 2.23. The number of ether oxygens (including phenoxy) is 2. The van der Waals surface area contributed by atoms with Gasteiger partial charge in [-0.1, -0.05) is 12.1 Å². The zero-order chi connectivity index (χ0) is 15.9. The number of hydrogen-bond acceptors (Lipinski definition) is 4. The molecular weight excluding hydrogens is 284 g/mol. The molecule has 0 aliphatic carbocycles. The normalized spacial score (nSPS) is 14.5. The minimum Gasteiger partial charge on any atom is -0.492 e. The van der Waals surface area contributed by atoms with E-state index in [0.29, 0.717) is 44.3 Å². The minimum absolute atomic E-state index is 0.0133. The monoisotopic (exact) mass is 306 g/mol. The van der Waals surface area contributed by atoms with Gasteiger partial charge in [-0.25, -0.2) is 0 Å². The Balaban J connectivity index is 2.16. The summed E-state index contributed by atoms with van der Waals surface area (Å²) in [5.41, 5.74) is 0.624. The van der Waals surface area contributed by atoms with Crippen LogP contribution in [0.25, 0.3) is 0 Å². The number of amides is 2. The second kappa shape index (κ2) is 7.79. The Morgan fingerprint density at radius 2 is 1.95 bits per heavy atom. The molecule has 0 aromatic heterocycles. The Labute approximate surface area is 130 Å². The molecule has 0 atom stereocenters. The van der Waals surface area contributed by atoms with E-state index >= 15 is 0 Å². The molecule has 6 nitrogen and oxygen atoms in total. The fraction of sp³-hybridized carbons (Fsp3) is 0.500. The maximum atomic E-state index is 12.4. The summed E-state index contributed by atoms with van der Waals surface area (Å²) >= 11 is 0. The van der Waals surface area contributed by atoms with Gasteiger partial charge in [0, 0.05) is 20.0 Å². The highest BCUT2D eigenvalue weighted by Crippen LogP contribution is 2.28. The molecule has 1 saturated heterocycles. The van der Waals surface area contributed by atoms with Gasteiger partial charge in [-0.05, 0) is 19.1 Å². The van der Waals surface area contributed by atoms with Crippen LogP contribution in [-0.2, 0) is 14.3 Å². The van der Waals surface area contributed by atoms with E-state index in [0.717, 1.165) is 0 Å². The number of nitrogens with zero attached hydrogens (tertiary/aromatic N) is 2. The summed E-state index contributed by atoms with van der Waals surface area (Å²) in [5.74, 6) is 0.341. The molecule has 6 heteroatoms. The van der Waals surface area contributed by atoms with Crippen LogP contribution in [-0.4, -0.2) is 56.2 Å². The van der Waals surface area contributed by atoms with Crippen LogP contribution in [0.1, 0.15) is 13.8 Å². The Morgan fingerprint density at radius 3 is 2.59 bits per heavy atom. The van der Waals surface area contributed by atoms with Crippen molar-refractivity contribution < 1.29 is 19.1 Å². The second-order valence-corrected chi connectivity index (χ2v) is 5.00. The van der Waals surface area contributed by atoms with E-state index in [1.807, 2.05) is 19.1 Å². The van der Waals surface area contributed by atoms with Crippen molar-refractivity contribution in [3.05, 3.63) is 24.3 Å². The molecule has 0 bridgehead atoms. The molecule has 0 saturated carbocycles. The molecule has 22 heavy (non-hydrogen) atoms. The molecule has 1 aliphatic rings. The lowest BCUT2D eigenvalue weighted by Gasteiger charge is -2.30. The minimum atomic E-state index is -0.186. The number of anilines is 1. The Morgan fingerprint density at radius 1 is 1.27 bits per heavy atom. The van der Waals surface area contributed by atoms with Gasteiger partial charge in [-0.2, -0.15) is 0 Å². The number of benzene rings is 1. The van der Waals surface area contributed by atoms with Crippen LogP contribution in [0.2, 0.25) is 0 Å². The molecule has 1 aromatic carbocycles. The van der Waals surface area contributed by atoms with Crippen LogP contribution < -0.4 is 9.64 Å². The summed E-state index contributed by atoms with van der Waals surface area (Å²) in [4.78, 5) is 27.6. The number of carbonyl (C=O) groups excluding carboxylic acids is 2. The first-order chi connectivity index (χ1) is 10.6. The summed E-state index contributed by atoms with van der Waals surface area (Å²) < 4.78 is 10.8. The number of hydrogen-bond donors (Lipinski definition) is 0. The predicted molar refractivity (Wildman–Crippen MR) is 83.0 cm³/mol. The first-order valence-electron chi connectivity index (χ1n) is 7.49. The van der Waals surface area contributed by atoms with Crippen LogP contribution in [0.15, 0.2) is 24.3 Å². The molecule has 1 aliphatic heterocycles. The maximum absolute atomic E-state index is 12.4. The zero-order valence-corrected chi connectivity index (χ0v) is 13.1. The number of para-hydroxylation sites is 2. The molecule has 2 rings (SSSR count). The van der Waals surface area contributed by atoms with E-state index in [1.54, 1.807) is 17.0 Å². The van der Waals surface area contributed by atoms with E-state index in [4.69, 9.17) is 9.47 Å². The summed E-state index contributed by atoms with van der Waals surface area (Å²) in [6.45, 7) is 6.07. The summed E-state index contributed by atoms with van der Waals surface area (Å²) in [7, 11) is 0. The van der Waals surface area contributed by atoms with Crippen LogP contribution in [0.3, 0.4) is 0 Å². The number of carbonyl (C=O) groups is 2. The topological polar surface area (TPSA) is 59.1 Å². The SMILES string of the molecule is CCOc1ccccc1N(CC(=O)N1CCOCC1)C(C)=O. The lowest BCUT2D eigenvalue weighted by atomic mass is 10.2. The Bertz CT molecular complexity index is 527. The van der Waals surface area contributed by atoms with Crippen molar-refractivity contribution >= 4 is 17.5 Å². The smallest absolute Gasteiger partial charge is 0.242 e. The Hall–Kier alpha value is -2.08. The standard InChI is InChI=1S/C16H22N2O4/c1-3-22-15-7-5-4-6-14(15)18(13(2)19)12-16(20)17-8-10-21-11-9-17/h4-7H,3,8-12H2,1-2H3. The zero-order valence-electron chi connectivity index (χ0n) is 13.1. The third kappa shape index (κ3) is 3.98. The van der Waals surface area contributed by atoms with Gasteiger partial charge < -0.3 is 14.4 Å². The molecule has 120 valence electrons. The third-order valence-electron chi connectivity index (χ3n) is 3.49. The van der Waals surface area contributed by atoms with Gasteiger partial charge >= 0.3 is 0 Å². The highest BCUT2D eigenvalue weighted by atomic mass is 16.5. The molecule has 0 radical (unpaired) electrons.